The van der Waals surface area contributed by atoms with Crippen molar-refractivity contribution in [2.75, 3.05) is 0 Å². The number of halogens is 3. The highest BCUT2D eigenvalue weighted by atomic mass is 19.4. The molecule has 2 heterocycles. The highest BCUT2D eigenvalue weighted by Crippen LogP contribution is 2.32. The molecule has 0 aliphatic carbocycles. The summed E-state index contributed by atoms with van der Waals surface area (Å²) in [6.45, 7) is 1.35. The minimum absolute atomic E-state index is 0.155. The van der Waals surface area contributed by atoms with E-state index >= 15 is 0 Å². The highest BCUT2D eigenvalue weighted by Gasteiger charge is 2.35. The Kier molecular flexibility index (Phi) is 4.50. The quantitative estimate of drug-likeness (QED) is 0.670. The fourth-order valence-electron chi connectivity index (χ4n) is 2.51. The number of rotatable bonds is 3. The molecule has 1 aromatic carbocycles. The molecule has 0 aliphatic heterocycles. The predicted molar refractivity (Wildman–Crippen MR) is 86.8 cm³/mol. The number of esters is 1. The van der Waals surface area contributed by atoms with Crippen LogP contribution in [0.5, 0.6) is 0 Å². The number of nitrogens with zero attached hydrogens (tertiary/aromatic N) is 2. The van der Waals surface area contributed by atoms with Gasteiger partial charge in [-0.2, -0.15) is 13.2 Å². The van der Waals surface area contributed by atoms with Gasteiger partial charge in [0, 0.05) is 12.3 Å². The number of hydrogen-bond donors (Lipinski definition) is 0. The lowest BCUT2D eigenvalue weighted by Crippen LogP contribution is -2.18. The number of carbonyl (C=O) groups excluding carboxylic acids is 1. The van der Waals surface area contributed by atoms with Crippen LogP contribution in [0.3, 0.4) is 0 Å². The van der Waals surface area contributed by atoms with Crippen LogP contribution in [0.15, 0.2) is 53.5 Å². The number of ether oxygens (including phenoxy) is 1. The van der Waals surface area contributed by atoms with Gasteiger partial charge in [-0.25, -0.2) is 9.78 Å². The lowest BCUT2D eigenvalue weighted by Gasteiger charge is -2.12. The van der Waals surface area contributed by atoms with Crippen molar-refractivity contribution < 1.29 is 22.7 Å². The Bertz CT molecular complexity index is 1040. The standard InChI is InChI=1S/C18H13F3N2O3/c1-11-5-4-8-23-15(24)9-12(22-16(11)23)10-26-17(25)13-6-2-3-7-14(13)18(19,20)21/h2-9H,10H2,1H3. The number of benzene rings is 1. The smallest absolute Gasteiger partial charge is 0.417 e. The van der Waals surface area contributed by atoms with Gasteiger partial charge in [-0.05, 0) is 30.7 Å². The lowest BCUT2D eigenvalue weighted by molar-refractivity contribution is -0.138. The van der Waals surface area contributed by atoms with Gasteiger partial charge >= 0.3 is 12.1 Å². The van der Waals surface area contributed by atoms with Crippen LogP contribution >= 0.6 is 0 Å². The van der Waals surface area contributed by atoms with Crippen LogP contribution in [0.4, 0.5) is 13.2 Å². The summed E-state index contributed by atoms with van der Waals surface area (Å²) < 4.78 is 45.2. The van der Waals surface area contributed by atoms with E-state index in [4.69, 9.17) is 4.74 Å². The zero-order chi connectivity index (χ0) is 18.9. The topological polar surface area (TPSA) is 60.7 Å². The third kappa shape index (κ3) is 3.44. The summed E-state index contributed by atoms with van der Waals surface area (Å²) in [6, 6.07) is 8.98. The summed E-state index contributed by atoms with van der Waals surface area (Å²) in [4.78, 5) is 28.4. The second kappa shape index (κ2) is 6.62. The maximum atomic E-state index is 13.0. The molecule has 134 valence electrons. The van der Waals surface area contributed by atoms with Crippen molar-refractivity contribution in [2.45, 2.75) is 19.7 Å². The van der Waals surface area contributed by atoms with Crippen LogP contribution in [0, 0.1) is 6.92 Å². The molecular weight excluding hydrogens is 349 g/mol. The Morgan fingerprint density at radius 2 is 1.92 bits per heavy atom. The molecule has 5 nitrogen and oxygen atoms in total. The average Bonchev–Trinajstić information content (AvgIpc) is 2.60. The van der Waals surface area contributed by atoms with Gasteiger partial charge < -0.3 is 4.74 Å². The number of fused-ring (bicyclic) bond motifs is 1. The molecule has 0 saturated carbocycles. The Labute approximate surface area is 145 Å². The molecular formula is C18H13F3N2O3. The monoisotopic (exact) mass is 362 g/mol. The summed E-state index contributed by atoms with van der Waals surface area (Å²) in [6.07, 6.45) is -3.13. The molecule has 8 heteroatoms. The summed E-state index contributed by atoms with van der Waals surface area (Å²) in [5.74, 6) is -1.13. The summed E-state index contributed by atoms with van der Waals surface area (Å²) in [5, 5.41) is 0. The van der Waals surface area contributed by atoms with Gasteiger partial charge in [0.2, 0.25) is 0 Å². The summed E-state index contributed by atoms with van der Waals surface area (Å²) in [7, 11) is 0. The van der Waals surface area contributed by atoms with Crippen molar-refractivity contribution in [3.05, 3.63) is 81.4 Å². The largest absolute Gasteiger partial charge is 0.456 e. The molecule has 0 bridgehead atoms. The minimum Gasteiger partial charge on any atom is -0.456 e. The zero-order valence-electron chi connectivity index (χ0n) is 13.6. The molecule has 0 amide bonds. The maximum absolute atomic E-state index is 13.0. The highest BCUT2D eigenvalue weighted by molar-refractivity contribution is 5.91. The Morgan fingerprint density at radius 1 is 1.19 bits per heavy atom. The average molecular weight is 362 g/mol. The van der Waals surface area contributed by atoms with Crippen molar-refractivity contribution in [3.63, 3.8) is 0 Å². The zero-order valence-corrected chi connectivity index (χ0v) is 13.6. The van der Waals surface area contributed by atoms with E-state index in [1.54, 1.807) is 25.3 Å². The van der Waals surface area contributed by atoms with Gasteiger partial charge in [-0.15, -0.1) is 0 Å². The first-order chi connectivity index (χ1) is 12.3. The molecule has 0 atom stereocenters. The Morgan fingerprint density at radius 3 is 2.65 bits per heavy atom. The van der Waals surface area contributed by atoms with Crippen molar-refractivity contribution in [2.24, 2.45) is 0 Å². The van der Waals surface area contributed by atoms with Crippen molar-refractivity contribution in [1.29, 1.82) is 0 Å². The van der Waals surface area contributed by atoms with Crippen LogP contribution in [0.25, 0.3) is 5.65 Å². The number of alkyl halides is 3. The molecule has 3 aromatic rings. The van der Waals surface area contributed by atoms with Crippen molar-refractivity contribution >= 4 is 11.6 Å². The van der Waals surface area contributed by atoms with Crippen molar-refractivity contribution in [1.82, 2.24) is 9.38 Å². The molecule has 3 rings (SSSR count). The number of aromatic nitrogens is 2. The third-order valence-electron chi connectivity index (χ3n) is 3.74. The normalized spacial score (nSPS) is 11.5. The number of pyridine rings is 1. The first kappa shape index (κ1) is 17.7. The lowest BCUT2D eigenvalue weighted by atomic mass is 10.1. The van der Waals surface area contributed by atoms with Crippen LogP contribution in [-0.2, 0) is 17.5 Å². The van der Waals surface area contributed by atoms with Crippen LogP contribution < -0.4 is 5.56 Å². The van der Waals surface area contributed by atoms with Crippen LogP contribution in [0.1, 0.15) is 27.2 Å². The number of hydrogen-bond acceptors (Lipinski definition) is 4. The van der Waals surface area contributed by atoms with Gasteiger partial charge in [-0.3, -0.25) is 9.20 Å². The molecule has 0 aliphatic rings. The molecule has 0 unspecified atom stereocenters. The molecule has 0 N–H and O–H groups in total. The second-order valence-corrected chi connectivity index (χ2v) is 5.59. The molecule has 0 spiro atoms. The first-order valence-corrected chi connectivity index (χ1v) is 7.58. The molecule has 26 heavy (non-hydrogen) atoms. The van der Waals surface area contributed by atoms with E-state index in [2.05, 4.69) is 4.98 Å². The van der Waals surface area contributed by atoms with Gasteiger partial charge in [0.25, 0.3) is 5.56 Å². The van der Waals surface area contributed by atoms with Gasteiger partial charge in [0.15, 0.2) is 0 Å². The number of aryl methyl sites for hydroxylation is 1. The molecule has 0 saturated heterocycles. The van der Waals surface area contributed by atoms with E-state index in [1.165, 1.54) is 22.6 Å². The molecule has 2 aromatic heterocycles. The molecule has 0 radical (unpaired) electrons. The van der Waals surface area contributed by atoms with Gasteiger partial charge in [-0.1, -0.05) is 18.2 Å². The van der Waals surface area contributed by atoms with Crippen LogP contribution in [0.2, 0.25) is 0 Å². The van der Waals surface area contributed by atoms with E-state index in [-0.39, 0.29) is 11.3 Å². The van der Waals surface area contributed by atoms with E-state index < -0.39 is 29.9 Å². The Hall–Kier alpha value is -3.16. The Balaban J connectivity index is 1.86. The SMILES string of the molecule is Cc1cccn2c(=O)cc(COC(=O)c3ccccc3C(F)(F)F)nc12. The van der Waals surface area contributed by atoms with E-state index in [1.807, 2.05) is 0 Å². The van der Waals surface area contributed by atoms with E-state index in [0.717, 1.165) is 17.7 Å². The third-order valence-corrected chi connectivity index (χ3v) is 3.74. The fraction of sp³-hybridized carbons (Fsp3) is 0.167. The first-order valence-electron chi connectivity index (χ1n) is 7.58. The van der Waals surface area contributed by atoms with Crippen LogP contribution in [-0.4, -0.2) is 15.4 Å². The minimum atomic E-state index is -4.67. The summed E-state index contributed by atoms with van der Waals surface area (Å²) in [5.41, 5.74) is -0.759. The molecule has 0 fully saturated rings. The fourth-order valence-corrected chi connectivity index (χ4v) is 2.51. The van der Waals surface area contributed by atoms with E-state index in [0.29, 0.717) is 5.65 Å². The summed E-state index contributed by atoms with van der Waals surface area (Å²) >= 11 is 0. The number of carbonyl (C=O) groups is 1. The van der Waals surface area contributed by atoms with Gasteiger partial charge in [0.05, 0.1) is 16.8 Å². The maximum Gasteiger partial charge on any atom is 0.417 e. The second-order valence-electron chi connectivity index (χ2n) is 5.59. The predicted octanol–water partition coefficient (Wildman–Crippen LogP) is 3.38. The van der Waals surface area contributed by atoms with Crippen molar-refractivity contribution in [3.8, 4) is 0 Å². The van der Waals surface area contributed by atoms with Gasteiger partial charge in [0.1, 0.15) is 12.3 Å². The van der Waals surface area contributed by atoms with E-state index in [9.17, 15) is 22.8 Å².